The van der Waals surface area contributed by atoms with Crippen LogP contribution in [0.3, 0.4) is 0 Å². The number of aromatic hydroxyl groups is 1. The van der Waals surface area contributed by atoms with E-state index in [-0.39, 0.29) is 72.1 Å². The molecule has 0 bridgehead atoms. The van der Waals surface area contributed by atoms with E-state index in [1.54, 1.807) is 74.5 Å². The molecule has 0 aromatic heterocycles. The smallest absolute Gasteiger partial charge is 0.343 e. The first-order valence-electron chi connectivity index (χ1n) is 27.7. The summed E-state index contributed by atoms with van der Waals surface area (Å²) in [6, 6.07) is 9.74. The second-order valence-corrected chi connectivity index (χ2v) is 24.8. The normalized spacial score (nSPS) is 41.2. The molecule has 1 amide bonds. The number of ether oxygens (including phenoxy) is 6. The number of carbonyl (C=O) groups is 5. The number of ketones is 1. The fourth-order valence-corrected chi connectivity index (χ4v) is 17.3. The number of hydrazine groups is 2. The van der Waals surface area contributed by atoms with E-state index in [0.29, 0.717) is 11.3 Å². The van der Waals surface area contributed by atoms with Gasteiger partial charge in [0, 0.05) is 79.9 Å². The molecule has 2 unspecified atom stereocenters. The van der Waals surface area contributed by atoms with Gasteiger partial charge in [-0.2, -0.15) is 0 Å². The molecule has 1 spiro atoms. The van der Waals surface area contributed by atoms with Crippen LogP contribution in [0.2, 0.25) is 0 Å². The first-order valence-corrected chi connectivity index (χ1v) is 27.7. The third-order valence-corrected chi connectivity index (χ3v) is 21.0. The van der Waals surface area contributed by atoms with Crippen molar-refractivity contribution in [2.75, 3.05) is 20.2 Å². The van der Waals surface area contributed by atoms with Gasteiger partial charge >= 0.3 is 17.9 Å². The molecule has 13 rings (SSSR count). The number of halogens is 2. The lowest BCUT2D eigenvalue weighted by molar-refractivity contribution is -0.278. The van der Waals surface area contributed by atoms with Crippen molar-refractivity contribution in [3.05, 3.63) is 106 Å². The maximum absolute atomic E-state index is 16.2. The topological polar surface area (TPSA) is 296 Å². The highest BCUT2D eigenvalue weighted by Crippen LogP contribution is 2.76. The molecule has 3 aromatic rings. The van der Waals surface area contributed by atoms with Crippen LogP contribution in [0.5, 0.6) is 23.0 Å². The Kier molecular flexibility index (Phi) is 12.1. The third-order valence-electron chi connectivity index (χ3n) is 21.0. The molecule has 5 aliphatic heterocycles. The van der Waals surface area contributed by atoms with Gasteiger partial charge in [0.2, 0.25) is 5.91 Å². The van der Waals surface area contributed by atoms with E-state index in [1.807, 2.05) is 0 Å². The number of fused-ring (bicyclic) bond motifs is 16. The maximum atomic E-state index is 16.2. The molecular weight excluding hydrogens is 1070 g/mol. The Balaban J connectivity index is 0.747. The molecule has 8 N–H and O–H groups in total. The van der Waals surface area contributed by atoms with Crippen molar-refractivity contribution in [1.82, 2.24) is 20.9 Å². The Morgan fingerprint density at radius 3 is 2.32 bits per heavy atom. The van der Waals surface area contributed by atoms with Crippen LogP contribution in [0.25, 0.3) is 0 Å². The minimum Gasteiger partial charge on any atom is -0.505 e. The van der Waals surface area contributed by atoms with E-state index in [4.69, 9.17) is 28.4 Å². The van der Waals surface area contributed by atoms with Crippen LogP contribution in [0.1, 0.15) is 87.9 Å². The molecule has 20 atom stereocenters. The van der Waals surface area contributed by atoms with Crippen molar-refractivity contribution in [2.45, 2.75) is 121 Å². The second-order valence-electron chi connectivity index (χ2n) is 24.8. The number of amides is 1. The number of phenols is 1. The van der Waals surface area contributed by atoms with Crippen LogP contribution in [-0.4, -0.2) is 145 Å². The maximum Gasteiger partial charge on any atom is 0.343 e. The van der Waals surface area contributed by atoms with E-state index < -0.39 is 165 Å². The number of hydrogen-bond acceptors (Lipinski definition) is 20. The number of rotatable bonds is 10. The van der Waals surface area contributed by atoms with Gasteiger partial charge in [-0.3, -0.25) is 19.4 Å². The molecule has 82 heavy (non-hydrogen) atoms. The summed E-state index contributed by atoms with van der Waals surface area (Å²) in [6.45, 7) is 8.82. The van der Waals surface area contributed by atoms with Crippen molar-refractivity contribution in [1.29, 1.82) is 0 Å². The predicted molar refractivity (Wildman–Crippen MR) is 276 cm³/mol. The Hall–Kier alpha value is -6.73. The summed E-state index contributed by atoms with van der Waals surface area (Å²) in [5, 5.41) is 80.4. The van der Waals surface area contributed by atoms with Crippen molar-refractivity contribution < 1.29 is 91.8 Å². The first-order chi connectivity index (χ1) is 38.7. The Morgan fingerprint density at radius 1 is 0.890 bits per heavy atom. The Morgan fingerprint density at radius 2 is 1.60 bits per heavy atom. The van der Waals surface area contributed by atoms with Crippen molar-refractivity contribution in [2.24, 2.45) is 57.7 Å². The van der Waals surface area contributed by atoms with E-state index in [9.17, 15) is 59.0 Å². The van der Waals surface area contributed by atoms with Gasteiger partial charge in [0.1, 0.15) is 48.0 Å². The summed E-state index contributed by atoms with van der Waals surface area (Å²) in [4.78, 5) is 69.1. The zero-order valence-corrected chi connectivity index (χ0v) is 45.8. The molecule has 5 aliphatic carbocycles. The Bertz CT molecular complexity index is 3380. The molecule has 21 nitrogen and oxygen atoms in total. The number of esters is 3. The molecule has 2 saturated heterocycles. The lowest BCUT2D eigenvalue weighted by Gasteiger charge is -2.67. The monoisotopic (exact) mass is 1140 g/mol. The average Bonchev–Trinajstić information content (AvgIpc) is 1.74. The first kappa shape index (κ1) is 54.5. The molecular formula is C59H64F2N4O17. The van der Waals surface area contributed by atoms with E-state index in [2.05, 4.69) is 10.7 Å². The Labute approximate surface area is 468 Å². The molecule has 4 saturated carbocycles. The number of nitrogens with one attached hydrogen (secondary N) is 2. The molecule has 436 valence electrons. The predicted octanol–water partition coefficient (Wildman–Crippen LogP) is 3.10. The van der Waals surface area contributed by atoms with Crippen LogP contribution >= 0.6 is 0 Å². The fourth-order valence-electron chi connectivity index (χ4n) is 17.3. The van der Waals surface area contributed by atoms with Crippen LogP contribution in [0, 0.1) is 69.3 Å². The van der Waals surface area contributed by atoms with E-state index in [1.165, 1.54) is 19.9 Å². The van der Waals surface area contributed by atoms with Gasteiger partial charge in [-0.1, -0.05) is 32.0 Å². The van der Waals surface area contributed by atoms with Gasteiger partial charge < -0.3 is 69.8 Å². The van der Waals surface area contributed by atoms with Crippen molar-refractivity contribution in [3.63, 3.8) is 0 Å². The van der Waals surface area contributed by atoms with Crippen LogP contribution in [0.4, 0.5) is 8.78 Å². The number of allylic oxidation sites excluding steroid dienone is 1. The second kappa shape index (κ2) is 18.1. The highest BCUT2D eigenvalue weighted by molar-refractivity contribution is 5.97. The zero-order valence-electron chi connectivity index (χ0n) is 45.8. The SMILES string of the molecule is CC(=O)O[C@H]1[C@H]2[C@@H]([C@@H](O)[C@@H](NC(=O)CCCN3C=C(COc4cc5c(cc4F)C4(OC(=O)c6ccccc64)c4cc(F)c(O)cc4O5)NN3C)C3C[C@@H]4O[C@@H]4[C@H](O)[C@@]32C)[C@@H]2[C@@H](O)[C@@H]3[C@H]([C@H](C)C=C4OC(=O)[C@@](C)(O)[C@@]43C)[C@@]2(C(C)=O)[C@H]1O. The number of benzene rings is 3. The minimum atomic E-state index is -2.21. The quantitative estimate of drug-likeness (QED) is 0.0822. The lowest BCUT2D eigenvalue weighted by atomic mass is 9.39. The van der Waals surface area contributed by atoms with Gasteiger partial charge in [0.25, 0.3) is 0 Å². The highest BCUT2D eigenvalue weighted by Gasteiger charge is 2.84. The lowest BCUT2D eigenvalue weighted by Crippen LogP contribution is -2.77. The number of aliphatic hydroxyl groups is 5. The number of Topliss-reactive ketones (excluding diaryl/α,β-unsaturated/α-hetero) is 1. The van der Waals surface area contributed by atoms with Crippen LogP contribution < -0.4 is 20.2 Å². The van der Waals surface area contributed by atoms with Gasteiger partial charge in [-0.15, -0.1) is 5.12 Å². The number of epoxide rings is 1. The van der Waals surface area contributed by atoms with Crippen LogP contribution in [0.15, 0.2) is 72.3 Å². The largest absolute Gasteiger partial charge is 0.505 e. The summed E-state index contributed by atoms with van der Waals surface area (Å²) in [7, 11) is 1.71. The summed E-state index contributed by atoms with van der Waals surface area (Å²) >= 11 is 0. The van der Waals surface area contributed by atoms with Crippen molar-refractivity contribution >= 4 is 29.6 Å². The summed E-state index contributed by atoms with van der Waals surface area (Å²) in [5.74, 6) is -13.6. The van der Waals surface area contributed by atoms with Crippen LogP contribution in [-0.2, 0) is 43.7 Å². The summed E-state index contributed by atoms with van der Waals surface area (Å²) in [5.41, 5.74) is -4.80. The van der Waals surface area contributed by atoms with Gasteiger partial charge in [-0.05, 0) is 75.6 Å². The van der Waals surface area contributed by atoms with Gasteiger partial charge in [0.05, 0.1) is 63.7 Å². The minimum absolute atomic E-state index is 0.0231. The molecule has 10 aliphatic rings. The number of carbonyl (C=O) groups excluding carboxylic acids is 5. The number of hydrogen-bond donors (Lipinski definition) is 8. The molecule has 23 heteroatoms. The molecule has 5 heterocycles. The number of nitrogens with zero attached hydrogens (tertiary/aromatic N) is 2. The van der Waals surface area contributed by atoms with E-state index >= 15 is 4.39 Å². The number of phenolic OH excluding ortho intramolecular Hbond substituents is 1. The van der Waals surface area contributed by atoms with Gasteiger partial charge in [0.15, 0.2) is 34.3 Å². The molecule has 3 aromatic carbocycles. The molecule has 6 fully saturated rings. The highest BCUT2D eigenvalue weighted by atomic mass is 19.1. The number of aliphatic hydroxyl groups excluding tert-OH is 4. The average molecular weight is 1140 g/mol. The van der Waals surface area contributed by atoms with Gasteiger partial charge in [-0.25, -0.2) is 18.4 Å². The summed E-state index contributed by atoms with van der Waals surface area (Å²) in [6.07, 6.45) is -5.22. The van der Waals surface area contributed by atoms with E-state index in [0.717, 1.165) is 25.1 Å². The zero-order chi connectivity index (χ0) is 58.4. The van der Waals surface area contributed by atoms with Crippen molar-refractivity contribution in [3.8, 4) is 23.0 Å². The molecule has 0 radical (unpaired) electrons. The standard InChI is InChI=1S/C59H64F2N4O17/c1-23-15-39-56(5,57(6,76)54(75)81-39)45-42(23)58(24(2)66)43(48(45)71)41-44(50(52(58)73)78-25(3)67)55(4)31(18-38-49(80-38)51(55)72)46(47(41)70)62-40(69)13-10-14-65-21-26(63-64(65)7)22-77-37-20-36-30(17-33(37)61)59(28-12-9-8-11-27(28)53(74)82-59)29-16-32(60)34(68)19-35(29)79-36/h8-9,11-12,15-17,19-21,23,31,38,41-52,63,68,70-73,76H,10,13-14,18,22H2,1-7H3,(H,62,69)/t23-,31?,38+,41+,42+,43-,44-,45+,46+,47-,48-,49+,50+,51+,52+,55+,56+,57-,58-,59?/m1/s1. The third kappa shape index (κ3) is 7.03. The summed E-state index contributed by atoms with van der Waals surface area (Å²) < 4.78 is 67.0. The fraction of sp³-hybridized carbons (Fsp3) is 0.542.